The van der Waals surface area contributed by atoms with Gasteiger partial charge in [-0.3, -0.25) is 0 Å². The van der Waals surface area contributed by atoms with Crippen LogP contribution in [-0.2, 0) is 0 Å². The second-order valence-corrected chi connectivity index (χ2v) is 6.15. The Morgan fingerprint density at radius 3 is 2.20 bits per heavy atom. The minimum atomic E-state index is -0.349. The molecule has 0 aliphatic heterocycles. The van der Waals surface area contributed by atoms with Crippen LogP contribution in [0, 0.1) is 5.92 Å². The number of nitrogens with one attached hydrogen (secondary N) is 1. The molecule has 1 aliphatic carbocycles. The lowest BCUT2D eigenvalue weighted by molar-refractivity contribution is -0.0127. The second-order valence-electron chi connectivity index (χ2n) is 6.15. The van der Waals surface area contributed by atoms with Crippen molar-refractivity contribution in [2.45, 2.75) is 70.9 Å². The molecule has 0 spiro atoms. The van der Waals surface area contributed by atoms with E-state index in [9.17, 15) is 5.11 Å². The van der Waals surface area contributed by atoms with Gasteiger partial charge < -0.3 is 10.4 Å². The van der Waals surface area contributed by atoms with Gasteiger partial charge in [-0.05, 0) is 65.3 Å². The van der Waals surface area contributed by atoms with Gasteiger partial charge in [0.2, 0.25) is 0 Å². The summed E-state index contributed by atoms with van der Waals surface area (Å²) in [4.78, 5) is 0. The fourth-order valence-electron chi connectivity index (χ4n) is 2.22. The van der Waals surface area contributed by atoms with E-state index in [0.717, 1.165) is 31.7 Å². The Kier molecular flexibility index (Phi) is 4.19. The molecule has 0 radical (unpaired) electrons. The third kappa shape index (κ3) is 4.52. The zero-order chi connectivity index (χ0) is 11.5. The van der Waals surface area contributed by atoms with E-state index in [1.165, 1.54) is 12.8 Å². The molecule has 0 unspecified atom stereocenters. The van der Waals surface area contributed by atoms with Gasteiger partial charge in [0.05, 0.1) is 5.60 Å². The number of aliphatic hydroxyl groups is 1. The first-order chi connectivity index (χ1) is 6.85. The molecule has 1 rings (SSSR count). The summed E-state index contributed by atoms with van der Waals surface area (Å²) < 4.78 is 0. The first kappa shape index (κ1) is 13.0. The number of hydrogen-bond acceptors (Lipinski definition) is 2. The van der Waals surface area contributed by atoms with E-state index in [1.807, 2.05) is 0 Å². The highest BCUT2D eigenvalue weighted by Gasteiger charge is 2.31. The Hall–Kier alpha value is -0.0800. The van der Waals surface area contributed by atoms with Crippen LogP contribution < -0.4 is 5.32 Å². The quantitative estimate of drug-likeness (QED) is 0.755. The molecule has 1 saturated carbocycles. The molecule has 0 heterocycles. The maximum atomic E-state index is 10.1. The lowest BCUT2D eigenvalue weighted by atomic mass is 9.77. The summed E-state index contributed by atoms with van der Waals surface area (Å²) in [6, 6.07) is 0. The van der Waals surface area contributed by atoms with Crippen LogP contribution in [-0.4, -0.2) is 22.8 Å². The van der Waals surface area contributed by atoms with Crippen molar-refractivity contribution >= 4 is 0 Å². The molecular weight excluding hydrogens is 186 g/mol. The lowest BCUT2D eigenvalue weighted by Crippen LogP contribution is -2.42. The van der Waals surface area contributed by atoms with Crippen molar-refractivity contribution < 1.29 is 5.11 Å². The molecule has 0 aromatic rings. The molecule has 90 valence electrons. The molecule has 2 N–H and O–H groups in total. The average molecular weight is 213 g/mol. The van der Waals surface area contributed by atoms with Gasteiger partial charge in [-0.25, -0.2) is 0 Å². The van der Waals surface area contributed by atoms with Crippen LogP contribution in [0.15, 0.2) is 0 Å². The van der Waals surface area contributed by atoms with Crippen molar-refractivity contribution in [3.63, 3.8) is 0 Å². The fourth-order valence-corrected chi connectivity index (χ4v) is 2.22. The van der Waals surface area contributed by atoms with Gasteiger partial charge in [-0.2, -0.15) is 0 Å². The first-order valence-electron chi connectivity index (χ1n) is 6.32. The number of rotatable bonds is 3. The average Bonchev–Trinajstić information content (AvgIpc) is 2.16. The SMILES string of the molecule is CC[C@]1(O)CC[C@H](CNC(C)(C)C)CC1. The van der Waals surface area contributed by atoms with Crippen LogP contribution >= 0.6 is 0 Å². The summed E-state index contributed by atoms with van der Waals surface area (Å²) >= 11 is 0. The van der Waals surface area contributed by atoms with Crippen LogP contribution in [0.2, 0.25) is 0 Å². The third-order valence-electron chi connectivity index (χ3n) is 3.62. The van der Waals surface area contributed by atoms with Gasteiger partial charge in [0.25, 0.3) is 0 Å². The van der Waals surface area contributed by atoms with Gasteiger partial charge >= 0.3 is 0 Å². The van der Waals surface area contributed by atoms with Crippen molar-refractivity contribution in [1.29, 1.82) is 0 Å². The van der Waals surface area contributed by atoms with Crippen LogP contribution in [0.5, 0.6) is 0 Å². The van der Waals surface area contributed by atoms with Crippen molar-refractivity contribution in [3.05, 3.63) is 0 Å². The summed E-state index contributed by atoms with van der Waals surface area (Å²) in [5.74, 6) is 0.760. The van der Waals surface area contributed by atoms with Gasteiger partial charge in [0.15, 0.2) is 0 Å². The molecule has 0 amide bonds. The molecule has 0 atom stereocenters. The van der Waals surface area contributed by atoms with Crippen LogP contribution in [0.25, 0.3) is 0 Å². The Morgan fingerprint density at radius 2 is 1.80 bits per heavy atom. The fraction of sp³-hybridized carbons (Fsp3) is 1.00. The topological polar surface area (TPSA) is 32.3 Å². The summed E-state index contributed by atoms with van der Waals surface area (Å²) in [5.41, 5.74) is -0.128. The Bertz CT molecular complexity index is 187. The zero-order valence-corrected chi connectivity index (χ0v) is 10.8. The lowest BCUT2D eigenvalue weighted by Gasteiger charge is -2.36. The van der Waals surface area contributed by atoms with Crippen molar-refractivity contribution in [3.8, 4) is 0 Å². The maximum absolute atomic E-state index is 10.1. The molecule has 0 bridgehead atoms. The van der Waals surface area contributed by atoms with Gasteiger partial charge in [0, 0.05) is 5.54 Å². The molecule has 1 aliphatic rings. The second kappa shape index (κ2) is 4.84. The smallest absolute Gasteiger partial charge is 0.0645 e. The van der Waals surface area contributed by atoms with Gasteiger partial charge in [-0.1, -0.05) is 6.92 Å². The Balaban J connectivity index is 2.26. The summed E-state index contributed by atoms with van der Waals surface area (Å²) in [7, 11) is 0. The van der Waals surface area contributed by atoms with E-state index in [1.54, 1.807) is 0 Å². The van der Waals surface area contributed by atoms with E-state index in [0.29, 0.717) is 0 Å². The molecule has 0 aromatic carbocycles. The highest BCUT2D eigenvalue weighted by atomic mass is 16.3. The van der Waals surface area contributed by atoms with Crippen LogP contribution in [0.3, 0.4) is 0 Å². The maximum Gasteiger partial charge on any atom is 0.0645 e. The van der Waals surface area contributed by atoms with Crippen LogP contribution in [0.4, 0.5) is 0 Å². The Morgan fingerprint density at radius 1 is 1.27 bits per heavy atom. The minimum Gasteiger partial charge on any atom is -0.390 e. The molecule has 0 aromatic heterocycles. The highest BCUT2D eigenvalue weighted by molar-refractivity contribution is 4.85. The standard InChI is InChI=1S/C13H27NO/c1-5-13(15)8-6-11(7-9-13)10-14-12(2,3)4/h11,14-15H,5-10H2,1-4H3/t11-,13-. The molecule has 2 nitrogen and oxygen atoms in total. The largest absolute Gasteiger partial charge is 0.390 e. The molecular formula is C13H27NO. The Labute approximate surface area is 94.5 Å². The molecule has 2 heteroatoms. The molecule has 15 heavy (non-hydrogen) atoms. The van der Waals surface area contributed by atoms with E-state index in [-0.39, 0.29) is 11.1 Å². The normalized spacial score (nSPS) is 33.0. The number of hydrogen-bond donors (Lipinski definition) is 2. The van der Waals surface area contributed by atoms with E-state index in [4.69, 9.17) is 0 Å². The molecule has 0 saturated heterocycles. The van der Waals surface area contributed by atoms with E-state index >= 15 is 0 Å². The van der Waals surface area contributed by atoms with Crippen LogP contribution in [0.1, 0.15) is 59.8 Å². The zero-order valence-electron chi connectivity index (χ0n) is 10.8. The van der Waals surface area contributed by atoms with Gasteiger partial charge in [0.1, 0.15) is 0 Å². The predicted octanol–water partition coefficient (Wildman–Crippen LogP) is 2.71. The van der Waals surface area contributed by atoms with Gasteiger partial charge in [-0.15, -0.1) is 0 Å². The van der Waals surface area contributed by atoms with Crippen molar-refractivity contribution in [2.24, 2.45) is 5.92 Å². The summed E-state index contributed by atoms with van der Waals surface area (Å²) in [6.45, 7) is 9.81. The third-order valence-corrected chi connectivity index (χ3v) is 3.62. The highest BCUT2D eigenvalue weighted by Crippen LogP contribution is 2.33. The summed E-state index contributed by atoms with van der Waals surface area (Å²) in [6.07, 6.45) is 5.23. The van der Waals surface area contributed by atoms with Crippen molar-refractivity contribution in [2.75, 3.05) is 6.54 Å². The monoisotopic (exact) mass is 213 g/mol. The summed E-state index contributed by atoms with van der Waals surface area (Å²) in [5, 5.41) is 13.7. The molecule has 1 fully saturated rings. The van der Waals surface area contributed by atoms with E-state index < -0.39 is 0 Å². The van der Waals surface area contributed by atoms with E-state index in [2.05, 4.69) is 33.0 Å². The first-order valence-corrected chi connectivity index (χ1v) is 6.32. The minimum absolute atomic E-state index is 0.221. The predicted molar refractivity (Wildman–Crippen MR) is 65.0 cm³/mol. The van der Waals surface area contributed by atoms with Crippen molar-refractivity contribution in [1.82, 2.24) is 5.32 Å².